The van der Waals surface area contributed by atoms with Gasteiger partial charge in [0.05, 0.1) is 6.10 Å². The highest BCUT2D eigenvalue weighted by atomic mass is 19.4. The van der Waals surface area contributed by atoms with Gasteiger partial charge in [-0.25, -0.2) is 10.8 Å². The number of alkyl halides is 3. The molecule has 0 radical (unpaired) electrons. The van der Waals surface area contributed by atoms with Gasteiger partial charge in [0.25, 0.3) is 0 Å². The maximum Gasteiger partial charge on any atom is 0.433 e. The maximum atomic E-state index is 12.7. The number of nitrogen functional groups attached to an aromatic ring is 1. The molecular formula is C11H16F3N5O. The van der Waals surface area contributed by atoms with E-state index >= 15 is 0 Å². The summed E-state index contributed by atoms with van der Waals surface area (Å²) < 4.78 is 38.2. The second kappa shape index (κ2) is 5.41. The number of aromatic nitrogens is 2. The molecule has 1 saturated carbocycles. The van der Waals surface area contributed by atoms with Crippen LogP contribution in [-0.4, -0.2) is 34.8 Å². The first kappa shape index (κ1) is 14.8. The van der Waals surface area contributed by atoms with Crippen molar-refractivity contribution in [2.75, 3.05) is 23.9 Å². The summed E-state index contributed by atoms with van der Waals surface area (Å²) in [5, 5.41) is 9.22. The molecule has 1 aromatic heterocycles. The number of aliphatic hydroxyl groups is 1. The van der Waals surface area contributed by atoms with E-state index in [1.54, 1.807) is 11.9 Å². The summed E-state index contributed by atoms with van der Waals surface area (Å²) in [7, 11) is 1.65. The molecule has 0 amide bonds. The van der Waals surface area contributed by atoms with Crippen molar-refractivity contribution in [3.63, 3.8) is 0 Å². The molecule has 1 aliphatic rings. The summed E-state index contributed by atoms with van der Waals surface area (Å²) in [4.78, 5) is 8.81. The number of aliphatic hydroxyl groups excluding tert-OH is 1. The van der Waals surface area contributed by atoms with Gasteiger partial charge in [0.2, 0.25) is 5.95 Å². The van der Waals surface area contributed by atoms with Gasteiger partial charge >= 0.3 is 6.18 Å². The summed E-state index contributed by atoms with van der Waals surface area (Å²) in [6.07, 6.45) is -3.55. The average Bonchev–Trinajstić information content (AvgIpc) is 2.35. The monoisotopic (exact) mass is 291 g/mol. The van der Waals surface area contributed by atoms with Crippen molar-refractivity contribution in [1.29, 1.82) is 0 Å². The quantitative estimate of drug-likeness (QED) is 0.566. The van der Waals surface area contributed by atoms with Crippen molar-refractivity contribution in [3.8, 4) is 0 Å². The van der Waals surface area contributed by atoms with Crippen LogP contribution in [0, 0.1) is 5.92 Å². The molecule has 9 heteroatoms. The number of rotatable bonds is 4. The zero-order valence-electron chi connectivity index (χ0n) is 10.9. The highest BCUT2D eigenvalue weighted by molar-refractivity contribution is 5.44. The van der Waals surface area contributed by atoms with E-state index in [4.69, 9.17) is 5.84 Å². The molecule has 1 aliphatic carbocycles. The topological polar surface area (TPSA) is 87.3 Å². The number of nitrogens with zero attached hydrogens (tertiary/aromatic N) is 3. The highest BCUT2D eigenvalue weighted by Crippen LogP contribution is 2.32. The van der Waals surface area contributed by atoms with Crippen LogP contribution in [0.2, 0.25) is 0 Å². The molecule has 0 bridgehead atoms. The van der Waals surface area contributed by atoms with Crippen molar-refractivity contribution >= 4 is 11.8 Å². The number of anilines is 2. The third-order valence-corrected chi connectivity index (χ3v) is 3.27. The van der Waals surface area contributed by atoms with E-state index in [1.807, 2.05) is 5.43 Å². The molecule has 6 nitrogen and oxygen atoms in total. The molecule has 4 N–H and O–H groups in total. The minimum Gasteiger partial charge on any atom is -0.393 e. The fourth-order valence-corrected chi connectivity index (χ4v) is 2.17. The van der Waals surface area contributed by atoms with Crippen LogP contribution in [0.4, 0.5) is 24.9 Å². The Morgan fingerprint density at radius 2 is 2.10 bits per heavy atom. The van der Waals surface area contributed by atoms with E-state index < -0.39 is 11.9 Å². The standard InChI is InChI=1S/C11H16F3N5O/c1-19(5-6-2-7(20)3-6)9-4-8(11(12,13)14)16-10(17-9)18-15/h4,6-7,20H,2-3,5,15H2,1H3,(H,16,17,18). The molecule has 0 unspecified atom stereocenters. The lowest BCUT2D eigenvalue weighted by molar-refractivity contribution is -0.141. The Kier molecular flexibility index (Phi) is 4.00. The predicted octanol–water partition coefficient (Wildman–Crippen LogP) is 0.988. The van der Waals surface area contributed by atoms with Gasteiger partial charge in [-0.05, 0) is 18.8 Å². The summed E-state index contributed by atoms with van der Waals surface area (Å²) in [5.74, 6) is 5.21. The van der Waals surface area contributed by atoms with Crippen LogP contribution in [0.1, 0.15) is 18.5 Å². The van der Waals surface area contributed by atoms with Gasteiger partial charge in [0, 0.05) is 19.7 Å². The van der Waals surface area contributed by atoms with Crippen molar-refractivity contribution in [2.24, 2.45) is 11.8 Å². The van der Waals surface area contributed by atoms with E-state index in [2.05, 4.69) is 9.97 Å². The normalized spacial score (nSPS) is 22.3. The van der Waals surface area contributed by atoms with Crippen LogP contribution in [0.3, 0.4) is 0 Å². The molecule has 0 aromatic carbocycles. The molecule has 20 heavy (non-hydrogen) atoms. The maximum absolute atomic E-state index is 12.7. The number of hydrogen-bond acceptors (Lipinski definition) is 6. The lowest BCUT2D eigenvalue weighted by Gasteiger charge is -2.34. The van der Waals surface area contributed by atoms with E-state index in [-0.39, 0.29) is 23.8 Å². The molecule has 0 atom stereocenters. The fraction of sp³-hybridized carbons (Fsp3) is 0.636. The molecule has 0 saturated heterocycles. The molecule has 112 valence electrons. The molecule has 0 aliphatic heterocycles. The average molecular weight is 291 g/mol. The molecule has 2 rings (SSSR count). The van der Waals surface area contributed by atoms with Gasteiger partial charge in [0.15, 0.2) is 5.69 Å². The second-order valence-corrected chi connectivity index (χ2v) is 4.95. The van der Waals surface area contributed by atoms with Crippen LogP contribution in [0.5, 0.6) is 0 Å². The first-order valence-corrected chi connectivity index (χ1v) is 6.11. The fourth-order valence-electron chi connectivity index (χ4n) is 2.17. The SMILES string of the molecule is CN(CC1CC(O)C1)c1cc(C(F)(F)F)nc(NN)n1. The number of nitrogens with one attached hydrogen (secondary N) is 1. The van der Waals surface area contributed by atoms with Crippen LogP contribution in [-0.2, 0) is 6.18 Å². The Balaban J connectivity index is 2.17. The third kappa shape index (κ3) is 3.28. The van der Waals surface area contributed by atoms with Gasteiger partial charge in [-0.15, -0.1) is 0 Å². The van der Waals surface area contributed by atoms with Crippen molar-refractivity contribution in [1.82, 2.24) is 9.97 Å². The first-order chi connectivity index (χ1) is 9.29. The first-order valence-electron chi connectivity index (χ1n) is 6.11. The number of hydrazine groups is 1. The molecule has 0 spiro atoms. The Morgan fingerprint density at radius 3 is 2.60 bits per heavy atom. The Bertz CT molecular complexity index is 476. The summed E-state index contributed by atoms with van der Waals surface area (Å²) in [6.45, 7) is 0.523. The van der Waals surface area contributed by atoms with Crippen molar-refractivity contribution < 1.29 is 18.3 Å². The van der Waals surface area contributed by atoms with Crippen molar-refractivity contribution in [2.45, 2.75) is 25.1 Å². The van der Waals surface area contributed by atoms with Gasteiger partial charge in [-0.1, -0.05) is 0 Å². The van der Waals surface area contributed by atoms with Gasteiger partial charge < -0.3 is 10.0 Å². The van der Waals surface area contributed by atoms with Crippen LogP contribution in [0.25, 0.3) is 0 Å². The van der Waals surface area contributed by atoms with Gasteiger partial charge in [0.1, 0.15) is 5.82 Å². The van der Waals surface area contributed by atoms with Crippen LogP contribution >= 0.6 is 0 Å². The Labute approximate surface area is 113 Å². The predicted molar refractivity (Wildman–Crippen MR) is 66.8 cm³/mol. The second-order valence-electron chi connectivity index (χ2n) is 4.95. The molecule has 1 heterocycles. The lowest BCUT2D eigenvalue weighted by Crippen LogP contribution is -2.37. The Hall–Kier alpha value is -1.61. The zero-order valence-corrected chi connectivity index (χ0v) is 10.9. The Morgan fingerprint density at radius 1 is 1.45 bits per heavy atom. The largest absolute Gasteiger partial charge is 0.433 e. The highest BCUT2D eigenvalue weighted by Gasteiger charge is 2.34. The number of hydrogen-bond donors (Lipinski definition) is 3. The minimum atomic E-state index is -4.56. The van der Waals surface area contributed by atoms with E-state index in [0.29, 0.717) is 19.4 Å². The summed E-state index contributed by atoms with van der Waals surface area (Å²) >= 11 is 0. The van der Waals surface area contributed by atoms with Crippen molar-refractivity contribution in [3.05, 3.63) is 11.8 Å². The molecular weight excluding hydrogens is 275 g/mol. The molecule has 1 aromatic rings. The van der Waals surface area contributed by atoms with E-state index in [9.17, 15) is 18.3 Å². The van der Waals surface area contributed by atoms with E-state index in [0.717, 1.165) is 6.07 Å². The molecule has 1 fully saturated rings. The third-order valence-electron chi connectivity index (χ3n) is 3.27. The number of halogens is 3. The summed E-state index contributed by atoms with van der Waals surface area (Å²) in [5.41, 5.74) is 0.989. The van der Waals surface area contributed by atoms with Crippen LogP contribution < -0.4 is 16.2 Å². The lowest BCUT2D eigenvalue weighted by atomic mass is 9.82. The van der Waals surface area contributed by atoms with Crippen LogP contribution in [0.15, 0.2) is 6.07 Å². The minimum absolute atomic E-state index is 0.140. The zero-order chi connectivity index (χ0) is 14.9. The smallest absolute Gasteiger partial charge is 0.393 e. The van der Waals surface area contributed by atoms with Gasteiger partial charge in [-0.2, -0.15) is 18.2 Å². The van der Waals surface area contributed by atoms with E-state index in [1.165, 1.54) is 0 Å². The van der Waals surface area contributed by atoms with Gasteiger partial charge in [-0.3, -0.25) is 5.43 Å². The summed E-state index contributed by atoms with van der Waals surface area (Å²) in [6, 6.07) is 0.885. The number of nitrogens with two attached hydrogens (primary N) is 1.